The summed E-state index contributed by atoms with van der Waals surface area (Å²) in [6, 6.07) is 69.0. The van der Waals surface area contributed by atoms with Gasteiger partial charge in [-0.15, -0.1) is 0 Å². The third kappa shape index (κ3) is 4.49. The molecule has 276 valence electrons. The second-order valence-electron chi connectivity index (χ2n) is 16.9. The molecular weight excluding hydrogens is 715 g/mol. The van der Waals surface area contributed by atoms with Crippen LogP contribution in [0.25, 0.3) is 60.5 Å². The van der Waals surface area contributed by atoms with Crippen LogP contribution in [0.3, 0.4) is 0 Å². The molecule has 0 saturated carbocycles. The fourth-order valence-corrected chi connectivity index (χ4v) is 10.7. The number of hydrogen-bond donors (Lipinski definition) is 0. The van der Waals surface area contributed by atoms with Crippen LogP contribution in [0.2, 0.25) is 0 Å². The summed E-state index contributed by atoms with van der Waals surface area (Å²) in [5.74, 6) is 1.87. The second-order valence-corrected chi connectivity index (χ2v) is 16.9. The molecule has 3 nitrogen and oxygen atoms in total. The Balaban J connectivity index is 1.04. The normalized spacial score (nSPS) is 13.8. The molecule has 9 aromatic carbocycles. The Kier molecular flexibility index (Phi) is 6.59. The van der Waals surface area contributed by atoms with E-state index in [-0.39, 0.29) is 12.1 Å². The van der Waals surface area contributed by atoms with Crippen LogP contribution in [0, 0.1) is 0 Å². The Morgan fingerprint density at radius 2 is 1.17 bits per heavy atom. The molecule has 10 aromatic rings. The summed E-state index contributed by atoms with van der Waals surface area (Å²) in [7, 11) is 0. The summed E-state index contributed by atoms with van der Waals surface area (Å²) in [4.78, 5) is 2.36. The summed E-state index contributed by atoms with van der Waals surface area (Å²) in [6.45, 7) is 4.79. The zero-order valence-corrected chi connectivity index (χ0v) is 32.8. The van der Waals surface area contributed by atoms with Crippen LogP contribution < -0.4 is 26.0 Å². The van der Waals surface area contributed by atoms with Gasteiger partial charge in [-0.25, -0.2) is 0 Å². The Morgan fingerprint density at radius 1 is 0.492 bits per heavy atom. The van der Waals surface area contributed by atoms with Gasteiger partial charge in [0.05, 0.1) is 5.52 Å². The third-order valence-electron chi connectivity index (χ3n) is 13.4. The largest absolute Gasteiger partial charge is 0.458 e. The first-order valence-electron chi connectivity index (χ1n) is 20.6. The summed E-state index contributed by atoms with van der Waals surface area (Å²) >= 11 is 0. The Labute approximate surface area is 343 Å². The van der Waals surface area contributed by atoms with Crippen molar-refractivity contribution >= 4 is 72.7 Å². The molecule has 0 fully saturated rings. The summed E-state index contributed by atoms with van der Waals surface area (Å²) in [5.41, 5.74) is 18.2. The Bertz CT molecular complexity index is 3360. The molecule has 1 aliphatic carbocycles. The van der Waals surface area contributed by atoms with Crippen molar-refractivity contribution in [3.63, 3.8) is 0 Å². The fraction of sp³-hybridized carbons (Fsp3) is 0.0545. The molecule has 1 aromatic heterocycles. The van der Waals surface area contributed by atoms with Gasteiger partial charge in [-0.1, -0.05) is 141 Å². The fourth-order valence-electron chi connectivity index (χ4n) is 10.7. The lowest BCUT2D eigenvalue weighted by Crippen LogP contribution is -2.58. The number of para-hydroxylation sites is 4. The molecule has 0 N–H and O–H groups in total. The first kappa shape index (κ1) is 32.8. The third-order valence-corrected chi connectivity index (χ3v) is 13.4. The molecule has 0 atom stereocenters. The van der Waals surface area contributed by atoms with Gasteiger partial charge in [-0.2, -0.15) is 0 Å². The van der Waals surface area contributed by atoms with Gasteiger partial charge in [0.25, 0.3) is 6.71 Å². The van der Waals surface area contributed by atoms with Gasteiger partial charge in [0.1, 0.15) is 11.5 Å². The topological polar surface area (TPSA) is 17.4 Å². The number of ether oxygens (including phenoxy) is 1. The number of benzene rings is 9. The maximum atomic E-state index is 7.26. The number of fused-ring (bicyclic) bond motifs is 11. The van der Waals surface area contributed by atoms with Crippen molar-refractivity contribution in [1.29, 1.82) is 0 Å². The maximum Gasteiger partial charge on any atom is 0.256 e. The van der Waals surface area contributed by atoms with Gasteiger partial charge in [0.2, 0.25) is 0 Å². The average Bonchev–Trinajstić information content (AvgIpc) is 3.73. The molecule has 0 unspecified atom stereocenters. The van der Waals surface area contributed by atoms with E-state index in [2.05, 4.69) is 211 Å². The quantitative estimate of drug-likeness (QED) is 0.167. The van der Waals surface area contributed by atoms with Crippen molar-refractivity contribution in [2.75, 3.05) is 4.90 Å². The minimum atomic E-state index is -0.244. The van der Waals surface area contributed by atoms with Gasteiger partial charge in [-0.05, 0) is 121 Å². The van der Waals surface area contributed by atoms with Gasteiger partial charge >= 0.3 is 0 Å². The van der Waals surface area contributed by atoms with Crippen LogP contribution in [-0.2, 0) is 5.41 Å². The van der Waals surface area contributed by atoms with E-state index >= 15 is 0 Å². The van der Waals surface area contributed by atoms with E-state index in [4.69, 9.17) is 4.74 Å². The molecular formula is C55H37BN2O. The van der Waals surface area contributed by atoms with E-state index in [0.29, 0.717) is 0 Å². The predicted octanol–water partition coefficient (Wildman–Crippen LogP) is 12.3. The van der Waals surface area contributed by atoms with Crippen LogP contribution >= 0.6 is 0 Å². The van der Waals surface area contributed by atoms with Crippen LogP contribution in [-0.4, -0.2) is 11.3 Å². The lowest BCUT2D eigenvalue weighted by molar-refractivity contribution is 0.487. The van der Waals surface area contributed by atoms with Crippen molar-refractivity contribution in [2.24, 2.45) is 0 Å². The summed E-state index contributed by atoms with van der Waals surface area (Å²) in [5, 5.41) is 5.03. The van der Waals surface area contributed by atoms with Gasteiger partial charge in [0.15, 0.2) is 0 Å². The number of rotatable bonds is 4. The van der Waals surface area contributed by atoms with E-state index in [9.17, 15) is 0 Å². The van der Waals surface area contributed by atoms with Crippen molar-refractivity contribution in [1.82, 2.24) is 4.57 Å². The Morgan fingerprint density at radius 3 is 1.98 bits per heavy atom. The van der Waals surface area contributed by atoms with E-state index in [1.807, 2.05) is 0 Å². The highest BCUT2D eigenvalue weighted by Crippen LogP contribution is 2.52. The molecule has 0 radical (unpaired) electrons. The number of nitrogens with zero attached hydrogens (tertiary/aromatic N) is 2. The monoisotopic (exact) mass is 752 g/mol. The number of hydrogen-bond acceptors (Lipinski definition) is 2. The molecule has 4 heteroatoms. The molecule has 59 heavy (non-hydrogen) atoms. The first-order valence-corrected chi connectivity index (χ1v) is 20.6. The Hall–Kier alpha value is -7.30. The maximum absolute atomic E-state index is 7.26. The molecule has 0 bridgehead atoms. The van der Waals surface area contributed by atoms with Crippen LogP contribution in [0.1, 0.15) is 25.0 Å². The lowest BCUT2D eigenvalue weighted by Gasteiger charge is -2.35. The standard InChI is InChI=1S/C55H37BN2O/c1-55(2)45-31-38(57(36-17-5-3-6-18-36)37-19-7-4-8-20-37)27-28-41(45)44-32-51-48(33-46(44)55)56-47-25-14-24-43-42-22-11-12-26-49(42)58(54(43)47)50-29-35(30-52(59-51)53(50)56)40-23-13-16-34-15-9-10-21-39(34)40/h3-33H,1-2H3. The molecule has 3 heterocycles. The van der Waals surface area contributed by atoms with E-state index < -0.39 is 0 Å². The van der Waals surface area contributed by atoms with Crippen LogP contribution in [0.4, 0.5) is 17.1 Å². The highest BCUT2D eigenvalue weighted by Gasteiger charge is 2.44. The van der Waals surface area contributed by atoms with Crippen LogP contribution in [0.5, 0.6) is 11.5 Å². The number of anilines is 3. The highest BCUT2D eigenvalue weighted by molar-refractivity contribution is 6.99. The SMILES string of the molecule is CC1(C)c2cc(N(c3ccccc3)c3ccccc3)ccc2-c2cc3c(cc21)B1c2c(cc(-c4cccc5ccccc45)cc2-n2c4ccccc4c4cccc1c42)O3. The van der Waals surface area contributed by atoms with E-state index in [0.717, 1.165) is 34.1 Å². The van der Waals surface area contributed by atoms with Gasteiger partial charge in [0, 0.05) is 44.5 Å². The van der Waals surface area contributed by atoms with Crippen molar-refractivity contribution < 1.29 is 4.74 Å². The molecule has 2 aliphatic heterocycles. The average molecular weight is 753 g/mol. The molecule has 13 rings (SSSR count). The van der Waals surface area contributed by atoms with E-state index in [1.165, 1.54) is 82.5 Å². The van der Waals surface area contributed by atoms with Gasteiger partial charge in [-0.3, -0.25) is 0 Å². The smallest absolute Gasteiger partial charge is 0.256 e. The molecule has 0 spiro atoms. The molecule has 0 amide bonds. The predicted molar refractivity (Wildman–Crippen MR) is 247 cm³/mol. The highest BCUT2D eigenvalue weighted by atomic mass is 16.5. The van der Waals surface area contributed by atoms with Crippen molar-refractivity contribution in [3.05, 3.63) is 199 Å². The summed E-state index contributed by atoms with van der Waals surface area (Å²) in [6.07, 6.45) is 0. The minimum absolute atomic E-state index is 0.0119. The van der Waals surface area contributed by atoms with Gasteiger partial charge < -0.3 is 14.2 Å². The van der Waals surface area contributed by atoms with Crippen molar-refractivity contribution in [3.8, 4) is 39.4 Å². The lowest BCUT2D eigenvalue weighted by atomic mass is 9.34. The minimum Gasteiger partial charge on any atom is -0.458 e. The van der Waals surface area contributed by atoms with Crippen molar-refractivity contribution in [2.45, 2.75) is 19.3 Å². The summed E-state index contributed by atoms with van der Waals surface area (Å²) < 4.78 is 9.77. The second kappa shape index (κ2) is 11.9. The number of aromatic nitrogens is 1. The molecule has 3 aliphatic rings. The first-order chi connectivity index (χ1) is 29.0. The zero-order valence-electron chi connectivity index (χ0n) is 32.8. The molecule has 0 saturated heterocycles. The van der Waals surface area contributed by atoms with E-state index in [1.54, 1.807) is 0 Å². The van der Waals surface area contributed by atoms with Crippen LogP contribution in [0.15, 0.2) is 188 Å². The zero-order chi connectivity index (χ0) is 39.0.